The van der Waals surface area contributed by atoms with Gasteiger partial charge in [-0.15, -0.1) is 6.58 Å². The summed E-state index contributed by atoms with van der Waals surface area (Å²) in [7, 11) is 0. The first kappa shape index (κ1) is 89.8. The molecule has 93 heavy (non-hydrogen) atoms. The average Bonchev–Trinajstić information content (AvgIpc) is 1.69. The summed E-state index contributed by atoms with van der Waals surface area (Å²) in [6, 6.07) is 0. The van der Waals surface area contributed by atoms with Crippen LogP contribution in [-0.2, 0) is 57.2 Å². The fraction of sp³-hybridized carbons (Fsp3) is 0.728. The van der Waals surface area contributed by atoms with Crippen LogP contribution in [0.1, 0.15) is 253 Å². The zero-order valence-electron chi connectivity index (χ0n) is 62.0. The minimum atomic E-state index is 0.113. The van der Waals surface area contributed by atoms with E-state index in [4.69, 9.17) is 28.4 Å². The van der Waals surface area contributed by atoms with Crippen LogP contribution in [0.25, 0.3) is 0 Å². The van der Waals surface area contributed by atoms with Crippen LogP contribution in [0.5, 0.6) is 0 Å². The Morgan fingerprint density at radius 3 is 1.03 bits per heavy atom. The Morgan fingerprint density at radius 1 is 0.376 bits per heavy atom. The molecular weight excluding hydrogens is 1160 g/mol. The normalized spacial score (nSPS) is 33.4. The lowest BCUT2D eigenvalue weighted by Crippen LogP contribution is -2.27. The second kappa shape index (κ2) is 58.1. The number of hydrogen-bond donors (Lipinski definition) is 0. The molecule has 0 aliphatic heterocycles. The smallest absolute Gasteiger partial charge is 0.293 e. The second-order valence-corrected chi connectivity index (χ2v) is 26.2. The molecule has 0 aromatic heterocycles. The van der Waals surface area contributed by atoms with Gasteiger partial charge in [0.25, 0.3) is 38.8 Å². The highest BCUT2D eigenvalue weighted by atomic mass is 16.5. The summed E-state index contributed by atoms with van der Waals surface area (Å²) in [5, 5.41) is 0. The van der Waals surface area contributed by atoms with E-state index in [1.807, 2.05) is 73.6 Å². The molecule has 8 bridgehead atoms. The minimum Gasteiger partial charge on any atom is -0.464 e. The van der Waals surface area contributed by atoms with Crippen molar-refractivity contribution in [1.29, 1.82) is 0 Å². The third kappa shape index (κ3) is 35.4. The molecule has 0 amide bonds. The van der Waals surface area contributed by atoms with E-state index in [1.54, 1.807) is 0 Å². The Labute approximate surface area is 569 Å². The van der Waals surface area contributed by atoms with E-state index < -0.39 is 0 Å². The molecule has 12 nitrogen and oxygen atoms in total. The van der Waals surface area contributed by atoms with Crippen molar-refractivity contribution in [1.82, 2.24) is 0 Å². The maximum atomic E-state index is 10.2. The molecule has 0 radical (unpaired) electrons. The van der Waals surface area contributed by atoms with Gasteiger partial charge in [-0.05, 0) is 220 Å². The van der Waals surface area contributed by atoms with Crippen LogP contribution in [0.2, 0.25) is 0 Å². The molecule has 11 rings (SSSR count). The topological polar surface area (TPSA) is 158 Å². The van der Waals surface area contributed by atoms with Crippen molar-refractivity contribution in [2.24, 2.45) is 88.8 Å². The monoisotopic (exact) mass is 1300 g/mol. The number of hydrogen-bond acceptors (Lipinski definition) is 12. The molecule has 0 aromatic rings. The molecule has 0 N–H and O–H groups in total. The van der Waals surface area contributed by atoms with Crippen molar-refractivity contribution < 1.29 is 57.2 Å². The highest BCUT2D eigenvalue weighted by Crippen LogP contribution is 2.51. The predicted molar refractivity (Wildman–Crippen MR) is 387 cm³/mol. The molecule has 11 aliphatic carbocycles. The van der Waals surface area contributed by atoms with Crippen LogP contribution in [0.4, 0.5) is 0 Å². The van der Waals surface area contributed by atoms with E-state index in [0.717, 1.165) is 56.3 Å². The predicted octanol–water partition coefficient (Wildman–Crippen LogP) is 20.7. The number of rotatable bonds is 15. The molecule has 21 atom stereocenters. The van der Waals surface area contributed by atoms with E-state index in [2.05, 4.69) is 149 Å². The summed E-state index contributed by atoms with van der Waals surface area (Å²) < 4.78 is 29.9. The molecule has 0 spiro atoms. The quantitative estimate of drug-likeness (QED) is 0.0869. The molecule has 0 aromatic carbocycles. The minimum absolute atomic E-state index is 0.113. The zero-order valence-corrected chi connectivity index (χ0v) is 62.0. The molecule has 7 fully saturated rings. The van der Waals surface area contributed by atoms with E-state index in [1.165, 1.54) is 89.9 Å². The number of carbonyl (C=O) groups is 6. The summed E-state index contributed by atoms with van der Waals surface area (Å²) in [5.41, 5.74) is 0. The van der Waals surface area contributed by atoms with Crippen LogP contribution >= 0.6 is 0 Å². The van der Waals surface area contributed by atoms with Gasteiger partial charge in [-0.1, -0.05) is 194 Å². The molecule has 11 aliphatic rings. The van der Waals surface area contributed by atoms with E-state index in [0.29, 0.717) is 110 Å². The van der Waals surface area contributed by atoms with Gasteiger partial charge in [0.15, 0.2) is 0 Å². The van der Waals surface area contributed by atoms with Gasteiger partial charge in [0.2, 0.25) is 0 Å². The summed E-state index contributed by atoms with van der Waals surface area (Å²) in [6.07, 6.45) is 57.2. The third-order valence-electron chi connectivity index (χ3n) is 20.1. The van der Waals surface area contributed by atoms with Gasteiger partial charge in [-0.3, -0.25) is 28.8 Å². The van der Waals surface area contributed by atoms with Crippen molar-refractivity contribution in [2.45, 2.75) is 290 Å². The van der Waals surface area contributed by atoms with Crippen LogP contribution in [0.3, 0.4) is 0 Å². The van der Waals surface area contributed by atoms with Gasteiger partial charge >= 0.3 is 0 Å². The third-order valence-corrected chi connectivity index (χ3v) is 20.1. The second-order valence-electron chi connectivity index (χ2n) is 26.2. The largest absolute Gasteiger partial charge is 0.464 e. The average molecular weight is 1300 g/mol. The van der Waals surface area contributed by atoms with Crippen molar-refractivity contribution in [2.75, 3.05) is 0 Å². The lowest BCUT2D eigenvalue weighted by atomic mass is 9.88. The van der Waals surface area contributed by atoms with Gasteiger partial charge in [0.05, 0.1) is 0 Å². The lowest BCUT2D eigenvalue weighted by Gasteiger charge is -2.26. The van der Waals surface area contributed by atoms with Crippen molar-refractivity contribution in [3.05, 3.63) is 97.7 Å². The summed E-state index contributed by atoms with van der Waals surface area (Å²) in [5.74, 6) is 9.62. The fourth-order valence-electron chi connectivity index (χ4n) is 14.4. The molecule has 534 valence electrons. The van der Waals surface area contributed by atoms with Crippen molar-refractivity contribution in [3.63, 3.8) is 0 Å². The molecule has 14 unspecified atom stereocenters. The van der Waals surface area contributed by atoms with Gasteiger partial charge in [0, 0.05) is 18.3 Å². The van der Waals surface area contributed by atoms with E-state index in [-0.39, 0.29) is 36.6 Å². The molecule has 0 saturated heterocycles. The Kier molecular flexibility index (Phi) is 56.1. The first-order chi connectivity index (χ1) is 45.0. The lowest BCUT2D eigenvalue weighted by molar-refractivity contribution is -0.139. The standard InChI is InChI=1S/2C9H14O2.2C9H12O2.C8H14O2.C8H12O2.C7H12.2C5H10.2C4H8.2C2H6/c4*1-6-7-2-3-8(4-7)9(6)11-5-10;2*1-7-4-2-3-5-8(7)10-6-9;1-7-5-3-2-4-6-7;2*1-3-5-4-2;2*1-3-4-2;2*1-2/h2*5-9H,2-4H2,1H3;2*2-3,5-9H,4H2,1H3;6-8H,2-5H2,1H3;2-3,6-8H,4-5H2,1H3;2-3,7H,4-6H2,1H3;2*3,5H,4H2,1-2H3;3-4H,1-2H3;3H,1,4H2,2H3;2*1-2H3/t4*6-,7?,8?,9?;2*7-,8?;7-;;;;;;/m1111111....../s1. The van der Waals surface area contributed by atoms with E-state index >= 15 is 0 Å². The Hall–Kier alpha value is -5.26. The van der Waals surface area contributed by atoms with Crippen molar-refractivity contribution in [3.8, 4) is 0 Å². The van der Waals surface area contributed by atoms with Gasteiger partial charge in [-0.25, -0.2) is 0 Å². The first-order valence-corrected chi connectivity index (χ1v) is 36.7. The number of fused-ring (bicyclic) bond motifs is 8. The van der Waals surface area contributed by atoms with Crippen LogP contribution in [0.15, 0.2) is 97.7 Å². The summed E-state index contributed by atoms with van der Waals surface area (Å²) in [4.78, 5) is 60.6. The van der Waals surface area contributed by atoms with Crippen molar-refractivity contribution >= 4 is 38.8 Å². The van der Waals surface area contributed by atoms with Crippen LogP contribution in [-0.4, -0.2) is 75.5 Å². The summed E-state index contributed by atoms with van der Waals surface area (Å²) >= 11 is 0. The fourth-order valence-corrected chi connectivity index (χ4v) is 14.4. The maximum Gasteiger partial charge on any atom is 0.293 e. The Bertz CT molecular complexity index is 1990. The SMILES string of the molecule is C=CCC.CC.CC.CC=CC.CC=CCC.CC=CCC.C[C@@H]1C2C=CC(C2)C1OC=O.C[C@@H]1C2C=CC(C2)C1OC=O.C[C@@H]1C2CCC(C2)C1OC=O.C[C@@H]1C2CCC(C2)C1OC=O.C[C@@H]1CC=CCC1.C[C@@H]1CC=CCC1OC=O.C[C@@H]1CCCCC1OC=O. The number of allylic oxidation sites excluding steroid dienone is 12. The highest BCUT2D eigenvalue weighted by Gasteiger charge is 2.48. The van der Waals surface area contributed by atoms with Crippen LogP contribution in [0, 0.1) is 88.8 Å². The summed E-state index contributed by atoms with van der Waals surface area (Å²) in [6.45, 7) is 44.6. The van der Waals surface area contributed by atoms with Gasteiger partial charge < -0.3 is 28.4 Å². The molecule has 12 heteroatoms. The highest BCUT2D eigenvalue weighted by molar-refractivity contribution is 5.40. The maximum absolute atomic E-state index is 10.2. The Morgan fingerprint density at radius 2 is 0.753 bits per heavy atom. The molecule has 7 saturated carbocycles. The van der Waals surface area contributed by atoms with E-state index in [9.17, 15) is 28.8 Å². The zero-order chi connectivity index (χ0) is 70.4. The van der Waals surface area contributed by atoms with Gasteiger partial charge in [-0.2, -0.15) is 0 Å². The number of carbonyl (C=O) groups excluding carboxylic acids is 6. The molecular formula is C81H138O12. The van der Waals surface area contributed by atoms with Gasteiger partial charge in [0.1, 0.15) is 36.6 Å². The Balaban J connectivity index is 0. The van der Waals surface area contributed by atoms with Crippen LogP contribution < -0.4 is 0 Å². The first-order valence-electron chi connectivity index (χ1n) is 36.7. The number of ether oxygens (including phenoxy) is 6. The molecule has 0 heterocycles.